The number of rotatable bonds is 5. The first-order valence-electron chi connectivity index (χ1n) is 6.59. The molecule has 2 atom stereocenters. The van der Waals surface area contributed by atoms with E-state index in [2.05, 4.69) is 5.32 Å². The lowest BCUT2D eigenvalue weighted by atomic mass is 10.0. The molecule has 1 aliphatic heterocycles. The van der Waals surface area contributed by atoms with E-state index < -0.39 is 6.04 Å². The van der Waals surface area contributed by atoms with Crippen molar-refractivity contribution in [2.24, 2.45) is 5.73 Å². The van der Waals surface area contributed by atoms with Crippen LogP contribution in [-0.2, 0) is 9.53 Å². The zero-order valence-electron chi connectivity index (χ0n) is 11.4. The summed E-state index contributed by atoms with van der Waals surface area (Å²) in [5.41, 5.74) is 6.93. The van der Waals surface area contributed by atoms with Crippen molar-refractivity contribution in [3.63, 3.8) is 0 Å². The second-order valence-corrected chi connectivity index (χ2v) is 6.34. The molecule has 0 radical (unpaired) electrons. The molecule has 0 saturated heterocycles. The third-order valence-electron chi connectivity index (χ3n) is 3.30. The summed E-state index contributed by atoms with van der Waals surface area (Å²) in [4.78, 5) is 13.3. The summed E-state index contributed by atoms with van der Waals surface area (Å²) in [6, 6.07) is 5.26. The number of nitrogens with two attached hydrogens (primary N) is 1. The number of halogens is 1. The van der Waals surface area contributed by atoms with Gasteiger partial charge in [0.15, 0.2) is 0 Å². The zero-order chi connectivity index (χ0) is 14.5. The van der Waals surface area contributed by atoms with Gasteiger partial charge in [0.05, 0.1) is 12.1 Å². The molecule has 2 rings (SSSR count). The van der Waals surface area contributed by atoms with Gasteiger partial charge in [0, 0.05) is 29.4 Å². The summed E-state index contributed by atoms with van der Waals surface area (Å²) < 4.78 is 4.94. The molecule has 0 spiro atoms. The molecule has 6 heteroatoms. The standard InChI is InChI=1S/C14H19ClN2O2S/c1-19-6-4-11(16)14(18)17-12-5-7-20-13-3-2-9(15)8-10(12)13/h2-3,8,11-12H,4-7,16H2,1H3,(H,17,18). The molecular weight excluding hydrogens is 296 g/mol. The lowest BCUT2D eigenvalue weighted by Gasteiger charge is -2.27. The van der Waals surface area contributed by atoms with E-state index in [0.717, 1.165) is 17.7 Å². The lowest BCUT2D eigenvalue weighted by molar-refractivity contribution is -0.123. The number of methoxy groups -OCH3 is 1. The molecule has 0 fully saturated rings. The van der Waals surface area contributed by atoms with Crippen LogP contribution in [-0.4, -0.2) is 31.4 Å². The molecule has 0 aromatic heterocycles. The van der Waals surface area contributed by atoms with E-state index >= 15 is 0 Å². The number of fused-ring (bicyclic) bond motifs is 1. The highest BCUT2D eigenvalue weighted by Crippen LogP contribution is 2.37. The highest BCUT2D eigenvalue weighted by atomic mass is 35.5. The number of amides is 1. The Kier molecular flexibility index (Phi) is 5.72. The van der Waals surface area contributed by atoms with Crippen molar-refractivity contribution in [3.05, 3.63) is 28.8 Å². The summed E-state index contributed by atoms with van der Waals surface area (Å²) in [7, 11) is 1.60. The Morgan fingerprint density at radius 2 is 2.45 bits per heavy atom. The van der Waals surface area contributed by atoms with Gasteiger partial charge in [-0.05, 0) is 36.6 Å². The van der Waals surface area contributed by atoms with Crippen molar-refractivity contribution >= 4 is 29.3 Å². The molecule has 2 unspecified atom stereocenters. The third kappa shape index (κ3) is 3.88. The SMILES string of the molecule is COCCC(N)C(=O)NC1CCSc2ccc(Cl)cc21. The Labute approximate surface area is 128 Å². The van der Waals surface area contributed by atoms with Crippen molar-refractivity contribution in [2.45, 2.75) is 29.8 Å². The van der Waals surface area contributed by atoms with Crippen molar-refractivity contribution < 1.29 is 9.53 Å². The summed E-state index contributed by atoms with van der Waals surface area (Å²) in [6.07, 6.45) is 1.41. The number of hydrogen-bond acceptors (Lipinski definition) is 4. The van der Waals surface area contributed by atoms with E-state index in [9.17, 15) is 4.79 Å². The second-order valence-electron chi connectivity index (χ2n) is 4.77. The Morgan fingerprint density at radius 1 is 1.65 bits per heavy atom. The molecule has 1 aromatic rings. The molecule has 1 amide bonds. The zero-order valence-corrected chi connectivity index (χ0v) is 13.0. The van der Waals surface area contributed by atoms with Crippen LogP contribution in [0.1, 0.15) is 24.4 Å². The van der Waals surface area contributed by atoms with Crippen LogP contribution in [0.5, 0.6) is 0 Å². The molecule has 0 aliphatic carbocycles. The van der Waals surface area contributed by atoms with Gasteiger partial charge >= 0.3 is 0 Å². The topological polar surface area (TPSA) is 64.3 Å². The first kappa shape index (κ1) is 15.6. The highest BCUT2D eigenvalue weighted by Gasteiger charge is 2.24. The van der Waals surface area contributed by atoms with Crippen LogP contribution in [0.25, 0.3) is 0 Å². The molecule has 4 nitrogen and oxygen atoms in total. The predicted molar refractivity (Wildman–Crippen MR) is 82.1 cm³/mol. The molecule has 20 heavy (non-hydrogen) atoms. The van der Waals surface area contributed by atoms with Crippen molar-refractivity contribution in [1.29, 1.82) is 0 Å². The monoisotopic (exact) mass is 314 g/mol. The Bertz CT molecular complexity index is 484. The molecular formula is C14H19ClN2O2S. The van der Waals surface area contributed by atoms with Gasteiger partial charge in [0.25, 0.3) is 0 Å². The number of benzene rings is 1. The van der Waals surface area contributed by atoms with Gasteiger partial charge in [0.1, 0.15) is 0 Å². The summed E-state index contributed by atoms with van der Waals surface area (Å²) in [5, 5.41) is 3.71. The number of nitrogens with one attached hydrogen (secondary N) is 1. The van der Waals surface area contributed by atoms with E-state index in [-0.39, 0.29) is 11.9 Å². The lowest BCUT2D eigenvalue weighted by Crippen LogP contribution is -2.43. The van der Waals surface area contributed by atoms with E-state index in [0.29, 0.717) is 18.1 Å². The van der Waals surface area contributed by atoms with Gasteiger partial charge in [-0.2, -0.15) is 0 Å². The van der Waals surface area contributed by atoms with Crippen LogP contribution in [0.3, 0.4) is 0 Å². The second kappa shape index (κ2) is 7.31. The van der Waals surface area contributed by atoms with Gasteiger partial charge in [-0.3, -0.25) is 4.79 Å². The largest absolute Gasteiger partial charge is 0.385 e. The maximum absolute atomic E-state index is 12.1. The van der Waals surface area contributed by atoms with Crippen LogP contribution < -0.4 is 11.1 Å². The van der Waals surface area contributed by atoms with Crippen molar-refractivity contribution in [3.8, 4) is 0 Å². The number of hydrogen-bond donors (Lipinski definition) is 2. The fourth-order valence-electron chi connectivity index (χ4n) is 2.17. The minimum Gasteiger partial charge on any atom is -0.385 e. The molecule has 3 N–H and O–H groups in total. The third-order valence-corrected chi connectivity index (χ3v) is 4.66. The van der Waals surface area contributed by atoms with Crippen molar-refractivity contribution in [1.82, 2.24) is 5.32 Å². The quantitative estimate of drug-likeness (QED) is 0.875. The average molecular weight is 315 g/mol. The number of thioether (sulfide) groups is 1. The first-order chi connectivity index (χ1) is 9.61. The Balaban J connectivity index is 2.04. The molecule has 1 aromatic carbocycles. The fourth-order valence-corrected chi connectivity index (χ4v) is 3.46. The maximum atomic E-state index is 12.1. The predicted octanol–water partition coefficient (Wildman–Crippen LogP) is 2.36. The molecule has 1 aliphatic rings. The van der Waals surface area contributed by atoms with Crippen molar-refractivity contribution in [2.75, 3.05) is 19.5 Å². The molecule has 1 heterocycles. The average Bonchev–Trinajstić information content (AvgIpc) is 2.45. The number of carbonyl (C=O) groups excluding carboxylic acids is 1. The van der Waals surface area contributed by atoms with Crippen LogP contribution in [0.15, 0.2) is 23.1 Å². The molecule has 0 saturated carbocycles. The van der Waals surface area contributed by atoms with Crippen LogP contribution in [0.2, 0.25) is 5.02 Å². The highest BCUT2D eigenvalue weighted by molar-refractivity contribution is 7.99. The van der Waals surface area contributed by atoms with Gasteiger partial charge < -0.3 is 15.8 Å². The fraction of sp³-hybridized carbons (Fsp3) is 0.500. The normalized spacial score (nSPS) is 19.2. The molecule has 0 bridgehead atoms. The minimum absolute atomic E-state index is 0.00829. The first-order valence-corrected chi connectivity index (χ1v) is 7.95. The summed E-state index contributed by atoms with van der Waals surface area (Å²) in [5.74, 6) is 0.845. The van der Waals surface area contributed by atoms with Gasteiger partial charge in [0.2, 0.25) is 5.91 Å². The summed E-state index contributed by atoms with van der Waals surface area (Å²) in [6.45, 7) is 0.484. The smallest absolute Gasteiger partial charge is 0.237 e. The summed E-state index contributed by atoms with van der Waals surface area (Å²) >= 11 is 7.84. The van der Waals surface area contributed by atoms with Gasteiger partial charge in [-0.25, -0.2) is 0 Å². The van der Waals surface area contributed by atoms with Gasteiger partial charge in [-0.15, -0.1) is 11.8 Å². The van der Waals surface area contributed by atoms with E-state index in [1.165, 1.54) is 4.90 Å². The Hall–Kier alpha value is -0.750. The van der Waals surface area contributed by atoms with Crippen LogP contribution in [0, 0.1) is 0 Å². The molecule has 110 valence electrons. The van der Waals surface area contributed by atoms with Gasteiger partial charge in [-0.1, -0.05) is 11.6 Å². The van der Waals surface area contributed by atoms with E-state index in [1.807, 2.05) is 18.2 Å². The van der Waals surface area contributed by atoms with Crippen LogP contribution in [0.4, 0.5) is 0 Å². The van der Waals surface area contributed by atoms with E-state index in [1.54, 1.807) is 18.9 Å². The maximum Gasteiger partial charge on any atom is 0.237 e. The number of carbonyl (C=O) groups is 1. The van der Waals surface area contributed by atoms with E-state index in [4.69, 9.17) is 22.1 Å². The Morgan fingerprint density at radius 3 is 3.20 bits per heavy atom. The minimum atomic E-state index is -0.535. The number of ether oxygens (including phenoxy) is 1. The van der Waals surface area contributed by atoms with Crippen LogP contribution >= 0.6 is 23.4 Å².